The molecule has 102 valence electrons. The normalized spacial score (nSPS) is 16.5. The van der Waals surface area contributed by atoms with Gasteiger partial charge in [-0.2, -0.15) is 0 Å². The third-order valence-electron chi connectivity index (χ3n) is 4.06. The molecule has 0 radical (unpaired) electrons. The zero-order valence-electron chi connectivity index (χ0n) is 11.0. The SMILES string of the molecule is OCCn1c(CC2CCCC2)nc2cc(Br)ccc21. The molecular weight excluding hydrogens is 304 g/mol. The summed E-state index contributed by atoms with van der Waals surface area (Å²) in [5, 5.41) is 9.28. The summed E-state index contributed by atoms with van der Waals surface area (Å²) in [6, 6.07) is 6.18. The summed E-state index contributed by atoms with van der Waals surface area (Å²) in [5.41, 5.74) is 2.15. The Bertz CT molecular complexity index is 573. The molecule has 0 saturated heterocycles. The Kier molecular flexibility index (Phi) is 3.89. The molecule has 0 bridgehead atoms. The van der Waals surface area contributed by atoms with E-state index in [4.69, 9.17) is 4.98 Å². The molecule has 0 amide bonds. The molecule has 3 nitrogen and oxygen atoms in total. The van der Waals surface area contributed by atoms with E-state index in [2.05, 4.69) is 32.6 Å². The van der Waals surface area contributed by atoms with Gasteiger partial charge >= 0.3 is 0 Å². The van der Waals surface area contributed by atoms with Crippen molar-refractivity contribution in [1.29, 1.82) is 0 Å². The van der Waals surface area contributed by atoms with Crippen LogP contribution in [0.3, 0.4) is 0 Å². The molecule has 1 N–H and O–H groups in total. The highest BCUT2D eigenvalue weighted by molar-refractivity contribution is 9.10. The predicted molar refractivity (Wildman–Crippen MR) is 80.2 cm³/mol. The maximum Gasteiger partial charge on any atom is 0.110 e. The first-order valence-electron chi connectivity index (χ1n) is 7.03. The van der Waals surface area contributed by atoms with Gasteiger partial charge < -0.3 is 9.67 Å². The third-order valence-corrected chi connectivity index (χ3v) is 4.55. The number of aliphatic hydroxyl groups is 1. The van der Waals surface area contributed by atoms with Crippen LogP contribution in [0, 0.1) is 5.92 Å². The Morgan fingerprint density at radius 1 is 1.32 bits per heavy atom. The lowest BCUT2D eigenvalue weighted by atomic mass is 10.0. The zero-order chi connectivity index (χ0) is 13.2. The zero-order valence-corrected chi connectivity index (χ0v) is 12.6. The van der Waals surface area contributed by atoms with E-state index in [0.717, 1.165) is 33.7 Å². The molecule has 1 aliphatic rings. The summed E-state index contributed by atoms with van der Waals surface area (Å²) in [5.74, 6) is 1.91. The van der Waals surface area contributed by atoms with Gasteiger partial charge in [-0.25, -0.2) is 4.98 Å². The predicted octanol–water partition coefficient (Wildman–Crippen LogP) is 3.52. The number of hydrogen-bond acceptors (Lipinski definition) is 2. The summed E-state index contributed by atoms with van der Waals surface area (Å²) in [6.07, 6.45) is 6.41. The summed E-state index contributed by atoms with van der Waals surface area (Å²) in [6.45, 7) is 0.805. The second-order valence-corrected chi connectivity index (χ2v) is 6.31. The lowest BCUT2D eigenvalue weighted by Gasteiger charge is -2.11. The van der Waals surface area contributed by atoms with E-state index >= 15 is 0 Å². The number of rotatable bonds is 4. The maximum absolute atomic E-state index is 9.28. The molecule has 4 heteroatoms. The van der Waals surface area contributed by atoms with Crippen molar-refractivity contribution >= 4 is 27.0 Å². The number of nitrogens with zero attached hydrogens (tertiary/aromatic N) is 2. The molecule has 0 spiro atoms. The Labute approximate surface area is 121 Å². The number of benzene rings is 1. The van der Waals surface area contributed by atoms with Crippen LogP contribution in [-0.4, -0.2) is 21.3 Å². The standard InChI is InChI=1S/C15H19BrN2O/c16-12-5-6-14-13(10-12)17-15(18(14)7-8-19)9-11-3-1-2-4-11/h5-6,10-11,19H,1-4,7-9H2. The van der Waals surface area contributed by atoms with Crippen molar-refractivity contribution in [3.05, 3.63) is 28.5 Å². The first kappa shape index (κ1) is 13.1. The minimum atomic E-state index is 0.166. The van der Waals surface area contributed by atoms with E-state index in [1.807, 2.05) is 6.07 Å². The van der Waals surface area contributed by atoms with Gasteiger partial charge in [0, 0.05) is 17.4 Å². The van der Waals surface area contributed by atoms with Crippen molar-refractivity contribution in [3.63, 3.8) is 0 Å². The van der Waals surface area contributed by atoms with E-state index in [0.29, 0.717) is 6.54 Å². The van der Waals surface area contributed by atoms with Crippen LogP contribution in [-0.2, 0) is 13.0 Å². The molecule has 0 atom stereocenters. The minimum Gasteiger partial charge on any atom is -0.395 e. The van der Waals surface area contributed by atoms with Crippen molar-refractivity contribution in [2.24, 2.45) is 5.92 Å². The molecule has 0 aliphatic heterocycles. The lowest BCUT2D eigenvalue weighted by Crippen LogP contribution is -2.10. The number of hydrogen-bond donors (Lipinski definition) is 1. The summed E-state index contributed by atoms with van der Waals surface area (Å²) >= 11 is 3.49. The quantitative estimate of drug-likeness (QED) is 0.935. The van der Waals surface area contributed by atoms with Crippen LogP contribution in [0.2, 0.25) is 0 Å². The summed E-state index contributed by atoms with van der Waals surface area (Å²) in [4.78, 5) is 4.78. The molecule has 1 aromatic carbocycles. The molecule has 2 aromatic rings. The number of aromatic nitrogens is 2. The van der Waals surface area contributed by atoms with Crippen molar-refractivity contribution in [1.82, 2.24) is 9.55 Å². The van der Waals surface area contributed by atoms with Gasteiger partial charge in [0.2, 0.25) is 0 Å². The maximum atomic E-state index is 9.28. The van der Waals surface area contributed by atoms with Crippen LogP contribution in [0.4, 0.5) is 0 Å². The molecule has 1 heterocycles. The fourth-order valence-electron chi connectivity index (χ4n) is 3.13. The number of aliphatic hydroxyl groups excluding tert-OH is 1. The topological polar surface area (TPSA) is 38.0 Å². The molecule has 1 saturated carbocycles. The van der Waals surface area contributed by atoms with E-state index in [9.17, 15) is 5.11 Å². The largest absolute Gasteiger partial charge is 0.395 e. The highest BCUT2D eigenvalue weighted by atomic mass is 79.9. The van der Waals surface area contributed by atoms with Gasteiger partial charge in [0.15, 0.2) is 0 Å². The average molecular weight is 323 g/mol. The monoisotopic (exact) mass is 322 g/mol. The first-order valence-corrected chi connectivity index (χ1v) is 7.83. The Hall–Kier alpha value is -0.870. The van der Waals surface area contributed by atoms with Crippen molar-refractivity contribution in [3.8, 4) is 0 Å². The van der Waals surface area contributed by atoms with Crippen molar-refractivity contribution < 1.29 is 5.11 Å². The van der Waals surface area contributed by atoms with Crippen LogP contribution in [0.1, 0.15) is 31.5 Å². The van der Waals surface area contributed by atoms with Crippen LogP contribution >= 0.6 is 15.9 Å². The summed E-state index contributed by atoms with van der Waals surface area (Å²) < 4.78 is 3.24. The molecule has 1 aliphatic carbocycles. The molecule has 0 unspecified atom stereocenters. The van der Waals surface area contributed by atoms with Gasteiger partial charge in [-0.15, -0.1) is 0 Å². The Balaban J connectivity index is 1.98. The van der Waals surface area contributed by atoms with Crippen LogP contribution in [0.25, 0.3) is 11.0 Å². The number of imidazole rings is 1. The van der Waals surface area contributed by atoms with Crippen LogP contribution < -0.4 is 0 Å². The van der Waals surface area contributed by atoms with Crippen LogP contribution in [0.5, 0.6) is 0 Å². The Morgan fingerprint density at radius 2 is 2.11 bits per heavy atom. The third kappa shape index (κ3) is 2.70. The van der Waals surface area contributed by atoms with E-state index in [-0.39, 0.29) is 6.61 Å². The fourth-order valence-corrected chi connectivity index (χ4v) is 3.48. The van der Waals surface area contributed by atoms with Gasteiger partial charge in [-0.05, 0) is 24.1 Å². The van der Waals surface area contributed by atoms with E-state index in [1.165, 1.54) is 25.7 Å². The highest BCUT2D eigenvalue weighted by Crippen LogP contribution is 2.29. The first-order chi connectivity index (χ1) is 9.28. The second-order valence-electron chi connectivity index (χ2n) is 5.39. The minimum absolute atomic E-state index is 0.166. The number of fused-ring (bicyclic) bond motifs is 1. The highest BCUT2D eigenvalue weighted by Gasteiger charge is 2.19. The average Bonchev–Trinajstić information content (AvgIpc) is 2.99. The number of halogens is 1. The molecular formula is C15H19BrN2O. The van der Waals surface area contributed by atoms with Gasteiger partial charge in [-0.1, -0.05) is 41.6 Å². The smallest absolute Gasteiger partial charge is 0.110 e. The van der Waals surface area contributed by atoms with Crippen LogP contribution in [0.15, 0.2) is 22.7 Å². The molecule has 1 fully saturated rings. The van der Waals surface area contributed by atoms with Gasteiger partial charge in [0.05, 0.1) is 17.6 Å². The van der Waals surface area contributed by atoms with Gasteiger partial charge in [-0.3, -0.25) is 0 Å². The fraction of sp³-hybridized carbons (Fsp3) is 0.533. The summed E-state index contributed by atoms with van der Waals surface area (Å²) in [7, 11) is 0. The van der Waals surface area contributed by atoms with Gasteiger partial charge in [0.1, 0.15) is 5.82 Å². The van der Waals surface area contributed by atoms with E-state index in [1.54, 1.807) is 0 Å². The molecule has 19 heavy (non-hydrogen) atoms. The molecule has 3 rings (SSSR count). The molecule has 1 aromatic heterocycles. The van der Waals surface area contributed by atoms with Crippen molar-refractivity contribution in [2.75, 3.05) is 6.61 Å². The Morgan fingerprint density at radius 3 is 2.84 bits per heavy atom. The lowest BCUT2D eigenvalue weighted by molar-refractivity contribution is 0.275. The van der Waals surface area contributed by atoms with E-state index < -0.39 is 0 Å². The van der Waals surface area contributed by atoms with Crippen molar-refractivity contribution in [2.45, 2.75) is 38.6 Å². The van der Waals surface area contributed by atoms with Gasteiger partial charge in [0.25, 0.3) is 0 Å². The second kappa shape index (κ2) is 5.63.